The van der Waals surface area contributed by atoms with Crippen LogP contribution in [0.5, 0.6) is 0 Å². The standard InChI is InChI=1S/C23H32N4O2/c28-22(18-5-1-2-6-18)26-12-10-23(29)9-11-25(15-19(23)16-26)13-14-27-17-24-20-7-3-4-8-21(20)27/h3-4,7-8,17-19,29H,1-2,5-6,9-16H2/t19-,23-/m0/s1. The number of aliphatic hydroxyl groups is 1. The third-order valence-corrected chi connectivity index (χ3v) is 7.56. The number of benzene rings is 1. The smallest absolute Gasteiger partial charge is 0.225 e. The fourth-order valence-electron chi connectivity index (χ4n) is 5.64. The Morgan fingerprint density at radius 3 is 2.76 bits per heavy atom. The lowest BCUT2D eigenvalue weighted by Gasteiger charge is -2.50. The van der Waals surface area contributed by atoms with Gasteiger partial charge < -0.3 is 19.5 Å². The number of imidazole rings is 1. The molecule has 1 saturated carbocycles. The van der Waals surface area contributed by atoms with Gasteiger partial charge in [-0.05, 0) is 37.8 Å². The molecule has 3 heterocycles. The molecule has 2 aromatic rings. The molecule has 0 bridgehead atoms. The molecule has 1 amide bonds. The van der Waals surface area contributed by atoms with Crippen molar-refractivity contribution in [2.45, 2.75) is 50.7 Å². The van der Waals surface area contributed by atoms with Gasteiger partial charge in [0.25, 0.3) is 0 Å². The van der Waals surface area contributed by atoms with Crippen molar-refractivity contribution in [1.82, 2.24) is 19.4 Å². The van der Waals surface area contributed by atoms with Crippen molar-refractivity contribution >= 4 is 16.9 Å². The predicted molar refractivity (Wildman–Crippen MR) is 112 cm³/mol. The third kappa shape index (κ3) is 3.68. The number of fused-ring (bicyclic) bond motifs is 2. The maximum Gasteiger partial charge on any atom is 0.225 e. The fraction of sp³-hybridized carbons (Fsp3) is 0.652. The SMILES string of the molecule is O=C(C1CCCC1)N1CC[C@@]2(O)CCN(CCn3cnc4ccccc43)C[C@H]2C1. The van der Waals surface area contributed by atoms with Gasteiger partial charge in [-0.3, -0.25) is 4.79 Å². The van der Waals surface area contributed by atoms with Gasteiger partial charge in [-0.15, -0.1) is 0 Å². The molecule has 1 N–H and O–H groups in total. The van der Waals surface area contributed by atoms with E-state index in [1.807, 2.05) is 18.5 Å². The lowest BCUT2D eigenvalue weighted by Crippen LogP contribution is -2.61. The molecule has 2 saturated heterocycles. The normalized spacial score (nSPS) is 28.7. The van der Waals surface area contributed by atoms with E-state index in [1.54, 1.807) is 0 Å². The summed E-state index contributed by atoms with van der Waals surface area (Å²) >= 11 is 0. The average Bonchev–Trinajstić information content (AvgIpc) is 3.41. The van der Waals surface area contributed by atoms with Crippen LogP contribution in [0.25, 0.3) is 11.0 Å². The highest BCUT2D eigenvalue weighted by molar-refractivity contribution is 5.79. The molecule has 2 aliphatic heterocycles. The van der Waals surface area contributed by atoms with Gasteiger partial charge in [0.1, 0.15) is 0 Å². The van der Waals surface area contributed by atoms with Crippen molar-refractivity contribution in [3.05, 3.63) is 30.6 Å². The summed E-state index contributed by atoms with van der Waals surface area (Å²) in [5.74, 6) is 0.733. The van der Waals surface area contributed by atoms with E-state index in [0.29, 0.717) is 5.91 Å². The molecule has 1 aliphatic carbocycles. The Morgan fingerprint density at radius 2 is 1.90 bits per heavy atom. The number of likely N-dealkylation sites (tertiary alicyclic amines) is 2. The highest BCUT2D eigenvalue weighted by Gasteiger charge is 2.46. The quantitative estimate of drug-likeness (QED) is 0.863. The Bertz CT molecular complexity index is 875. The third-order valence-electron chi connectivity index (χ3n) is 7.56. The first-order valence-electron chi connectivity index (χ1n) is 11.3. The highest BCUT2D eigenvalue weighted by Crippen LogP contribution is 2.37. The molecular weight excluding hydrogens is 364 g/mol. The molecule has 3 aliphatic rings. The highest BCUT2D eigenvalue weighted by atomic mass is 16.3. The van der Waals surface area contributed by atoms with Crippen molar-refractivity contribution in [3.8, 4) is 0 Å². The minimum atomic E-state index is -0.593. The first kappa shape index (κ1) is 19.1. The van der Waals surface area contributed by atoms with Gasteiger partial charge in [0.15, 0.2) is 0 Å². The van der Waals surface area contributed by atoms with Crippen molar-refractivity contribution in [2.75, 3.05) is 32.7 Å². The van der Waals surface area contributed by atoms with Crippen LogP contribution >= 0.6 is 0 Å². The molecule has 0 unspecified atom stereocenters. The largest absolute Gasteiger partial charge is 0.389 e. The lowest BCUT2D eigenvalue weighted by atomic mass is 9.75. The van der Waals surface area contributed by atoms with Crippen LogP contribution in [0.4, 0.5) is 0 Å². The van der Waals surface area contributed by atoms with Gasteiger partial charge in [0.05, 0.1) is 23.0 Å². The second kappa shape index (κ2) is 7.73. The van der Waals surface area contributed by atoms with Gasteiger partial charge in [-0.25, -0.2) is 4.98 Å². The van der Waals surface area contributed by atoms with Crippen LogP contribution in [0.1, 0.15) is 38.5 Å². The van der Waals surface area contributed by atoms with Gasteiger partial charge >= 0.3 is 0 Å². The van der Waals surface area contributed by atoms with Crippen LogP contribution in [-0.2, 0) is 11.3 Å². The maximum atomic E-state index is 12.9. The maximum absolute atomic E-state index is 12.9. The zero-order valence-corrected chi connectivity index (χ0v) is 17.2. The summed E-state index contributed by atoms with van der Waals surface area (Å²) in [7, 11) is 0. The van der Waals surface area contributed by atoms with E-state index in [9.17, 15) is 9.90 Å². The molecule has 0 spiro atoms. The Hall–Kier alpha value is -1.92. The Morgan fingerprint density at radius 1 is 1.10 bits per heavy atom. The second-order valence-corrected chi connectivity index (χ2v) is 9.29. The van der Waals surface area contributed by atoms with Gasteiger partial charge in [-0.2, -0.15) is 0 Å². The summed E-state index contributed by atoms with van der Waals surface area (Å²) < 4.78 is 2.22. The minimum absolute atomic E-state index is 0.162. The van der Waals surface area contributed by atoms with E-state index in [4.69, 9.17) is 0 Å². The number of hydrogen-bond acceptors (Lipinski definition) is 4. The van der Waals surface area contributed by atoms with Crippen LogP contribution in [0.15, 0.2) is 30.6 Å². The van der Waals surface area contributed by atoms with Crippen molar-refractivity contribution in [1.29, 1.82) is 0 Å². The molecule has 6 nitrogen and oxygen atoms in total. The van der Waals surface area contributed by atoms with Crippen LogP contribution in [-0.4, -0.2) is 68.7 Å². The van der Waals surface area contributed by atoms with E-state index in [0.717, 1.165) is 70.5 Å². The summed E-state index contributed by atoms with van der Waals surface area (Å²) in [4.78, 5) is 21.9. The number of amides is 1. The van der Waals surface area contributed by atoms with Gasteiger partial charge in [0, 0.05) is 51.1 Å². The topological polar surface area (TPSA) is 61.6 Å². The van der Waals surface area contributed by atoms with Gasteiger partial charge in [0.2, 0.25) is 5.91 Å². The molecule has 0 radical (unpaired) electrons. The number of piperidine rings is 2. The summed E-state index contributed by atoms with van der Waals surface area (Å²) in [5, 5.41) is 11.2. The van der Waals surface area contributed by atoms with Crippen molar-refractivity contribution < 1.29 is 9.90 Å². The van der Waals surface area contributed by atoms with E-state index < -0.39 is 5.60 Å². The van der Waals surface area contributed by atoms with Crippen LogP contribution in [0.2, 0.25) is 0 Å². The summed E-state index contributed by atoms with van der Waals surface area (Å²) in [6.45, 7) is 5.09. The summed E-state index contributed by atoms with van der Waals surface area (Å²) in [6.07, 6.45) is 7.95. The van der Waals surface area contributed by atoms with Crippen LogP contribution in [0.3, 0.4) is 0 Å². The zero-order chi connectivity index (χ0) is 19.8. The Labute approximate surface area is 172 Å². The molecule has 6 heteroatoms. The number of rotatable bonds is 4. The van der Waals surface area contributed by atoms with E-state index in [2.05, 4.69) is 31.5 Å². The fourth-order valence-corrected chi connectivity index (χ4v) is 5.64. The van der Waals surface area contributed by atoms with Crippen molar-refractivity contribution in [2.24, 2.45) is 11.8 Å². The zero-order valence-electron chi connectivity index (χ0n) is 17.2. The molecule has 156 valence electrons. The first-order valence-corrected chi connectivity index (χ1v) is 11.3. The van der Waals surface area contributed by atoms with Crippen LogP contribution in [0, 0.1) is 11.8 Å². The van der Waals surface area contributed by atoms with Gasteiger partial charge in [-0.1, -0.05) is 25.0 Å². The summed E-state index contributed by atoms with van der Waals surface area (Å²) in [5.41, 5.74) is 1.62. The molecule has 2 atom stereocenters. The second-order valence-electron chi connectivity index (χ2n) is 9.29. The lowest BCUT2D eigenvalue weighted by molar-refractivity contribution is -0.150. The first-order chi connectivity index (χ1) is 14.1. The number of hydrogen-bond donors (Lipinski definition) is 1. The van der Waals surface area contributed by atoms with Crippen molar-refractivity contribution in [3.63, 3.8) is 0 Å². The molecule has 1 aromatic heterocycles. The average molecular weight is 397 g/mol. The molecule has 5 rings (SSSR count). The Balaban J connectivity index is 1.21. The number of carbonyl (C=O) groups is 1. The minimum Gasteiger partial charge on any atom is -0.389 e. The summed E-state index contributed by atoms with van der Waals surface area (Å²) in [6, 6.07) is 8.24. The number of nitrogens with zero attached hydrogens (tertiary/aromatic N) is 4. The molecule has 29 heavy (non-hydrogen) atoms. The van der Waals surface area contributed by atoms with E-state index >= 15 is 0 Å². The van der Waals surface area contributed by atoms with E-state index in [1.165, 1.54) is 18.4 Å². The molecule has 3 fully saturated rings. The molecular formula is C23H32N4O2. The predicted octanol–water partition coefficient (Wildman–Crippen LogP) is 2.51. The number of carbonyl (C=O) groups excluding carboxylic acids is 1. The van der Waals surface area contributed by atoms with Crippen LogP contribution < -0.4 is 0 Å². The number of para-hydroxylation sites is 2. The monoisotopic (exact) mass is 396 g/mol. The molecule has 1 aromatic carbocycles. The number of aromatic nitrogens is 2. The van der Waals surface area contributed by atoms with E-state index in [-0.39, 0.29) is 11.8 Å². The Kier molecular flexibility index (Phi) is 5.08.